The minimum atomic E-state index is -1.64. The average Bonchev–Trinajstić information content (AvgIpc) is 2.54. The molecule has 0 radical (unpaired) electrons. The maximum absolute atomic E-state index is 13.4. The number of amides is 2. The maximum atomic E-state index is 13.4. The van der Waals surface area contributed by atoms with Crippen LogP contribution >= 0.6 is 15.9 Å². The predicted octanol–water partition coefficient (Wildman–Crippen LogP) is 4.07. The summed E-state index contributed by atoms with van der Waals surface area (Å²) in [6.07, 6.45) is 0. The minimum absolute atomic E-state index is 0.137. The zero-order valence-corrected chi connectivity index (χ0v) is 13.3. The molecular formula is C15H12BrF3N2O2. The lowest BCUT2D eigenvalue weighted by atomic mass is 10.3. The molecule has 4 nitrogen and oxygen atoms in total. The Balaban J connectivity index is 1.80. The van der Waals surface area contributed by atoms with Crippen molar-refractivity contribution < 1.29 is 22.7 Å². The number of hydrogen-bond donors (Lipinski definition) is 2. The van der Waals surface area contributed by atoms with Gasteiger partial charge in [-0.2, -0.15) is 0 Å². The van der Waals surface area contributed by atoms with Gasteiger partial charge in [0.1, 0.15) is 12.4 Å². The summed E-state index contributed by atoms with van der Waals surface area (Å²) in [6.45, 7) is 0.314. The van der Waals surface area contributed by atoms with E-state index >= 15 is 0 Å². The van der Waals surface area contributed by atoms with E-state index in [2.05, 4.69) is 26.6 Å². The summed E-state index contributed by atoms with van der Waals surface area (Å²) in [5.74, 6) is -3.80. The highest BCUT2D eigenvalue weighted by Gasteiger charge is 2.14. The Labute approximate surface area is 138 Å². The second kappa shape index (κ2) is 7.87. The first-order valence-corrected chi connectivity index (χ1v) is 7.34. The number of benzene rings is 2. The van der Waals surface area contributed by atoms with Crippen LogP contribution in [0.2, 0.25) is 0 Å². The van der Waals surface area contributed by atoms with Gasteiger partial charge in [0, 0.05) is 0 Å². The Morgan fingerprint density at radius 2 is 1.83 bits per heavy atom. The number of carbonyl (C=O) groups excluding carboxylic acids is 1. The number of nitrogens with one attached hydrogen (secondary N) is 2. The maximum Gasteiger partial charge on any atom is 0.319 e. The number of hydrogen-bond acceptors (Lipinski definition) is 2. The summed E-state index contributed by atoms with van der Waals surface area (Å²) in [5.41, 5.74) is -0.451. The van der Waals surface area contributed by atoms with Crippen LogP contribution in [0.4, 0.5) is 23.7 Å². The average molecular weight is 389 g/mol. The monoisotopic (exact) mass is 388 g/mol. The van der Waals surface area contributed by atoms with Gasteiger partial charge >= 0.3 is 6.03 Å². The van der Waals surface area contributed by atoms with Gasteiger partial charge in [-0.25, -0.2) is 18.0 Å². The van der Waals surface area contributed by atoms with Crippen molar-refractivity contribution in [1.82, 2.24) is 5.32 Å². The molecule has 0 aliphatic heterocycles. The third-order valence-corrected chi connectivity index (χ3v) is 3.42. The molecule has 2 aromatic carbocycles. The van der Waals surface area contributed by atoms with Crippen LogP contribution < -0.4 is 15.4 Å². The van der Waals surface area contributed by atoms with Crippen LogP contribution in [0.1, 0.15) is 0 Å². The molecule has 2 rings (SSSR count). The van der Waals surface area contributed by atoms with Crippen LogP contribution in [0.25, 0.3) is 0 Å². The summed E-state index contributed by atoms with van der Waals surface area (Å²) >= 11 is 3.31. The molecule has 0 bridgehead atoms. The van der Waals surface area contributed by atoms with Crippen molar-refractivity contribution in [3.8, 4) is 5.75 Å². The van der Waals surface area contributed by atoms with Gasteiger partial charge in [-0.05, 0) is 40.2 Å². The topological polar surface area (TPSA) is 50.4 Å². The van der Waals surface area contributed by atoms with Crippen LogP contribution in [0.5, 0.6) is 5.75 Å². The molecule has 122 valence electrons. The largest absolute Gasteiger partial charge is 0.491 e. The Hall–Kier alpha value is -2.22. The molecule has 0 heterocycles. The molecule has 0 unspecified atom stereocenters. The first-order valence-electron chi connectivity index (χ1n) is 6.54. The Morgan fingerprint density at radius 3 is 2.57 bits per heavy atom. The van der Waals surface area contributed by atoms with Crippen molar-refractivity contribution in [2.45, 2.75) is 0 Å². The van der Waals surface area contributed by atoms with Gasteiger partial charge < -0.3 is 15.4 Å². The van der Waals surface area contributed by atoms with E-state index in [1.54, 1.807) is 18.2 Å². The SMILES string of the molecule is O=C(NCCOc1ccccc1Br)Nc1ccc(F)c(F)c1F. The Morgan fingerprint density at radius 1 is 1.09 bits per heavy atom. The zero-order chi connectivity index (χ0) is 16.8. The highest BCUT2D eigenvalue weighted by Crippen LogP contribution is 2.23. The van der Waals surface area contributed by atoms with E-state index in [-0.39, 0.29) is 13.2 Å². The number of ether oxygens (including phenoxy) is 1. The first kappa shape index (κ1) is 17.1. The molecule has 0 spiro atoms. The summed E-state index contributed by atoms with van der Waals surface area (Å²) in [6, 6.07) is 8.09. The number of halogens is 4. The lowest BCUT2D eigenvalue weighted by molar-refractivity contribution is 0.247. The van der Waals surface area contributed by atoms with Crippen LogP contribution in [0, 0.1) is 17.5 Å². The third-order valence-electron chi connectivity index (χ3n) is 2.77. The number of rotatable bonds is 5. The Kier molecular flexibility index (Phi) is 5.86. The van der Waals surface area contributed by atoms with Crippen LogP contribution in [0.3, 0.4) is 0 Å². The predicted molar refractivity (Wildman–Crippen MR) is 83.0 cm³/mol. The number of carbonyl (C=O) groups is 1. The molecule has 0 atom stereocenters. The molecule has 23 heavy (non-hydrogen) atoms. The highest BCUT2D eigenvalue weighted by molar-refractivity contribution is 9.10. The number of anilines is 1. The fourth-order valence-corrected chi connectivity index (χ4v) is 2.08. The van der Waals surface area contributed by atoms with E-state index in [0.717, 1.165) is 16.6 Å². The molecule has 2 N–H and O–H groups in total. The molecule has 2 amide bonds. The number of urea groups is 1. The molecule has 8 heteroatoms. The Bertz CT molecular complexity index is 713. The second-order valence-electron chi connectivity index (χ2n) is 4.38. The standard InChI is InChI=1S/C15H12BrF3N2O2/c16-9-3-1-2-4-12(9)23-8-7-20-15(22)21-11-6-5-10(17)13(18)14(11)19/h1-6H,7-8H2,(H2,20,21,22). The zero-order valence-electron chi connectivity index (χ0n) is 11.7. The highest BCUT2D eigenvalue weighted by atomic mass is 79.9. The van der Waals surface area contributed by atoms with Crippen molar-refractivity contribution in [3.63, 3.8) is 0 Å². The minimum Gasteiger partial charge on any atom is -0.491 e. The van der Waals surface area contributed by atoms with Gasteiger partial charge in [0.2, 0.25) is 0 Å². The van der Waals surface area contributed by atoms with Crippen molar-refractivity contribution in [2.24, 2.45) is 0 Å². The van der Waals surface area contributed by atoms with Gasteiger partial charge in [0.05, 0.1) is 16.7 Å². The second-order valence-corrected chi connectivity index (χ2v) is 5.24. The van der Waals surface area contributed by atoms with Gasteiger partial charge in [-0.3, -0.25) is 0 Å². The lowest BCUT2D eigenvalue weighted by Gasteiger charge is -2.10. The van der Waals surface area contributed by atoms with E-state index in [4.69, 9.17) is 4.74 Å². The molecule has 0 aromatic heterocycles. The van der Waals surface area contributed by atoms with Crippen LogP contribution in [0.15, 0.2) is 40.9 Å². The summed E-state index contributed by atoms with van der Waals surface area (Å²) < 4.78 is 45.4. The van der Waals surface area contributed by atoms with E-state index in [1.165, 1.54) is 0 Å². The number of para-hydroxylation sites is 1. The molecule has 0 saturated heterocycles. The molecule has 0 fully saturated rings. The van der Waals surface area contributed by atoms with Crippen LogP contribution in [-0.4, -0.2) is 19.2 Å². The molecular weight excluding hydrogens is 377 g/mol. The smallest absolute Gasteiger partial charge is 0.319 e. The molecule has 0 saturated carbocycles. The quantitative estimate of drug-likeness (QED) is 0.599. The van der Waals surface area contributed by atoms with Crippen molar-refractivity contribution >= 4 is 27.6 Å². The lowest BCUT2D eigenvalue weighted by Crippen LogP contribution is -2.32. The van der Waals surface area contributed by atoms with E-state index in [9.17, 15) is 18.0 Å². The van der Waals surface area contributed by atoms with Gasteiger partial charge in [-0.1, -0.05) is 12.1 Å². The van der Waals surface area contributed by atoms with Gasteiger partial charge in [0.15, 0.2) is 17.5 Å². The van der Waals surface area contributed by atoms with Gasteiger partial charge in [-0.15, -0.1) is 0 Å². The van der Waals surface area contributed by atoms with Crippen molar-refractivity contribution in [1.29, 1.82) is 0 Å². The van der Waals surface area contributed by atoms with E-state index < -0.39 is 29.2 Å². The molecule has 2 aromatic rings. The molecule has 0 aliphatic rings. The first-order chi connectivity index (χ1) is 11.0. The summed E-state index contributed by atoms with van der Waals surface area (Å²) in [7, 11) is 0. The third kappa shape index (κ3) is 4.62. The normalized spacial score (nSPS) is 10.3. The van der Waals surface area contributed by atoms with Crippen LogP contribution in [-0.2, 0) is 0 Å². The summed E-state index contributed by atoms with van der Waals surface area (Å²) in [5, 5.41) is 4.50. The fraction of sp³-hybridized carbons (Fsp3) is 0.133. The van der Waals surface area contributed by atoms with E-state index in [0.29, 0.717) is 5.75 Å². The molecule has 0 aliphatic carbocycles. The van der Waals surface area contributed by atoms with Gasteiger partial charge in [0.25, 0.3) is 0 Å². The van der Waals surface area contributed by atoms with Crippen molar-refractivity contribution in [2.75, 3.05) is 18.5 Å². The summed E-state index contributed by atoms with van der Waals surface area (Å²) in [4.78, 5) is 11.6. The van der Waals surface area contributed by atoms with E-state index in [1.807, 2.05) is 6.07 Å². The van der Waals surface area contributed by atoms with Crippen molar-refractivity contribution in [3.05, 3.63) is 58.3 Å². The fourth-order valence-electron chi connectivity index (χ4n) is 1.68.